The van der Waals surface area contributed by atoms with Crippen LogP contribution in [0.15, 0.2) is 72.0 Å². The van der Waals surface area contributed by atoms with E-state index in [1.54, 1.807) is 43.3 Å². The number of amidine groups is 1. The number of nitrogens with zero attached hydrogens (tertiary/aromatic N) is 6. The highest BCUT2D eigenvalue weighted by Crippen LogP contribution is 2.32. The molecule has 11 nitrogen and oxygen atoms in total. The minimum atomic E-state index is -4.52. The molecule has 1 aromatic heterocycles. The van der Waals surface area contributed by atoms with Crippen molar-refractivity contribution < 1.29 is 36.6 Å². The summed E-state index contributed by atoms with van der Waals surface area (Å²) >= 11 is 0.956. The zero-order chi connectivity index (χ0) is 32.8. The second-order valence-electron chi connectivity index (χ2n) is 9.73. The number of rotatable bonds is 9. The molecular weight excluding hydrogens is 630 g/mol. The first-order valence-electron chi connectivity index (χ1n) is 13.4. The molecule has 0 atom stereocenters. The number of carbonyl (C=O) groups excluding carboxylic acids is 2. The molecule has 1 aliphatic rings. The SMILES string of the molecule is Cc1ccc(COCC(F)(F)F)c(N2C(=O)CS/C2=N\C(=O)Nc2ccc(-c3ncn(-c4ccc(OCC#N)cc4)n3)cc2F)c1. The van der Waals surface area contributed by atoms with Crippen LogP contribution in [-0.4, -0.2) is 57.0 Å². The number of hydrogen-bond acceptors (Lipinski definition) is 8. The number of nitrogens with one attached hydrogen (secondary N) is 1. The molecule has 1 aliphatic heterocycles. The van der Waals surface area contributed by atoms with Crippen molar-refractivity contribution in [2.75, 3.05) is 29.2 Å². The summed E-state index contributed by atoms with van der Waals surface area (Å²) in [7, 11) is 0. The summed E-state index contributed by atoms with van der Waals surface area (Å²) in [6.45, 7) is -0.248. The van der Waals surface area contributed by atoms with E-state index in [1.165, 1.54) is 29.2 Å². The van der Waals surface area contributed by atoms with E-state index in [0.717, 1.165) is 22.7 Å². The van der Waals surface area contributed by atoms with E-state index in [-0.39, 0.29) is 40.3 Å². The highest BCUT2D eigenvalue weighted by atomic mass is 32.2. The lowest BCUT2D eigenvalue weighted by Crippen LogP contribution is -2.31. The Hall–Kier alpha value is -5.27. The van der Waals surface area contributed by atoms with Gasteiger partial charge in [0.05, 0.1) is 29.4 Å². The number of carbonyl (C=O) groups is 2. The first kappa shape index (κ1) is 32.1. The average molecular weight is 654 g/mol. The normalized spacial score (nSPS) is 14.0. The van der Waals surface area contributed by atoms with Crippen LogP contribution in [0, 0.1) is 24.1 Å². The van der Waals surface area contributed by atoms with Gasteiger partial charge in [0.25, 0.3) is 0 Å². The molecule has 4 aromatic rings. The smallest absolute Gasteiger partial charge is 0.411 e. The number of amides is 3. The molecule has 1 fully saturated rings. The number of aliphatic imine (C=N–C) groups is 1. The molecule has 46 heavy (non-hydrogen) atoms. The largest absolute Gasteiger partial charge is 0.479 e. The van der Waals surface area contributed by atoms with Crippen molar-refractivity contribution in [2.45, 2.75) is 19.7 Å². The van der Waals surface area contributed by atoms with Gasteiger partial charge in [0.15, 0.2) is 17.6 Å². The van der Waals surface area contributed by atoms with Crippen LogP contribution in [-0.2, 0) is 16.1 Å². The summed E-state index contributed by atoms with van der Waals surface area (Å²) in [5, 5.41) is 15.3. The van der Waals surface area contributed by atoms with Crippen molar-refractivity contribution in [3.63, 3.8) is 0 Å². The summed E-state index contributed by atoms with van der Waals surface area (Å²) in [5.74, 6) is -0.576. The second-order valence-corrected chi connectivity index (χ2v) is 10.7. The van der Waals surface area contributed by atoms with E-state index in [4.69, 9.17) is 14.7 Å². The van der Waals surface area contributed by atoms with E-state index in [9.17, 15) is 22.8 Å². The molecule has 2 heterocycles. The molecule has 5 rings (SSSR count). The molecule has 3 aromatic carbocycles. The number of urea groups is 1. The maximum atomic E-state index is 15.1. The quantitative estimate of drug-likeness (QED) is 0.217. The van der Waals surface area contributed by atoms with E-state index in [2.05, 4.69) is 20.4 Å². The van der Waals surface area contributed by atoms with E-state index >= 15 is 4.39 Å². The molecule has 0 radical (unpaired) electrons. The Morgan fingerprint density at radius 3 is 2.65 bits per heavy atom. The first-order valence-corrected chi connectivity index (χ1v) is 14.4. The van der Waals surface area contributed by atoms with Crippen molar-refractivity contribution in [1.29, 1.82) is 5.26 Å². The summed E-state index contributed by atoms with van der Waals surface area (Å²) in [5.41, 5.74) is 2.02. The Balaban J connectivity index is 1.29. The number of hydrogen-bond donors (Lipinski definition) is 1. The van der Waals surface area contributed by atoms with Gasteiger partial charge in [0.2, 0.25) is 5.91 Å². The van der Waals surface area contributed by atoms with Gasteiger partial charge in [-0.2, -0.15) is 23.4 Å². The monoisotopic (exact) mass is 653 g/mol. The second kappa shape index (κ2) is 13.8. The van der Waals surface area contributed by atoms with Crippen molar-refractivity contribution >= 4 is 40.2 Å². The lowest BCUT2D eigenvalue weighted by atomic mass is 10.1. The average Bonchev–Trinajstić information content (AvgIpc) is 3.64. The van der Waals surface area contributed by atoms with Crippen LogP contribution in [0.5, 0.6) is 5.75 Å². The number of alkyl halides is 3. The zero-order valence-corrected chi connectivity index (χ0v) is 24.7. The predicted molar refractivity (Wildman–Crippen MR) is 161 cm³/mol. The number of aromatic nitrogens is 3. The van der Waals surface area contributed by atoms with Crippen molar-refractivity contribution in [2.24, 2.45) is 4.99 Å². The summed E-state index contributed by atoms with van der Waals surface area (Å²) in [4.78, 5) is 34.9. The summed E-state index contributed by atoms with van der Waals surface area (Å²) in [6, 6.07) is 16.4. The van der Waals surface area contributed by atoms with Gasteiger partial charge in [0.1, 0.15) is 30.6 Å². The molecule has 0 aliphatic carbocycles. The standard InChI is InChI=1S/C30H23F4N7O4S/c1-18-2-3-20(14-44-16-30(32,33)34)25(12-18)41-26(42)15-46-29(41)38-28(43)37-24-9-4-19(13-23(24)31)27-36-17-40(39-27)21-5-7-22(8-6-21)45-11-10-35/h2-9,12-13,17H,11,14-16H2,1H3,(H,37,43)/b38-29-. The minimum Gasteiger partial charge on any atom is -0.479 e. The fourth-order valence-electron chi connectivity index (χ4n) is 4.28. The third kappa shape index (κ3) is 7.86. The fourth-order valence-corrected chi connectivity index (χ4v) is 5.14. The number of thioether (sulfide) groups is 1. The number of halogens is 4. The maximum absolute atomic E-state index is 15.1. The molecule has 0 saturated carbocycles. The lowest BCUT2D eigenvalue weighted by molar-refractivity contribution is -0.176. The molecule has 16 heteroatoms. The maximum Gasteiger partial charge on any atom is 0.411 e. The zero-order valence-electron chi connectivity index (χ0n) is 23.9. The fraction of sp³-hybridized carbons (Fsp3) is 0.200. The molecule has 0 spiro atoms. The number of anilines is 2. The lowest BCUT2D eigenvalue weighted by Gasteiger charge is -2.21. The highest BCUT2D eigenvalue weighted by molar-refractivity contribution is 8.15. The van der Waals surface area contributed by atoms with Crippen LogP contribution in [0.4, 0.5) is 33.7 Å². The Morgan fingerprint density at radius 2 is 1.93 bits per heavy atom. The molecule has 0 unspecified atom stereocenters. The first-order chi connectivity index (χ1) is 22.0. The number of ether oxygens (including phenoxy) is 2. The van der Waals surface area contributed by atoms with Crippen LogP contribution < -0.4 is 15.0 Å². The van der Waals surface area contributed by atoms with Gasteiger partial charge < -0.3 is 14.8 Å². The van der Waals surface area contributed by atoms with E-state index in [1.807, 2.05) is 6.07 Å². The van der Waals surface area contributed by atoms with Crippen LogP contribution in [0.25, 0.3) is 17.1 Å². The van der Waals surface area contributed by atoms with Crippen molar-refractivity contribution in [1.82, 2.24) is 14.8 Å². The minimum absolute atomic E-state index is 0.0263. The number of benzene rings is 3. The van der Waals surface area contributed by atoms with Gasteiger partial charge in [0, 0.05) is 11.1 Å². The Bertz CT molecular complexity index is 1840. The Morgan fingerprint density at radius 1 is 1.15 bits per heavy atom. The predicted octanol–water partition coefficient (Wildman–Crippen LogP) is 6.03. The topological polar surface area (TPSA) is 135 Å². The van der Waals surface area contributed by atoms with Crippen molar-refractivity contribution in [3.05, 3.63) is 83.9 Å². The third-order valence-electron chi connectivity index (χ3n) is 6.33. The van der Waals surface area contributed by atoms with Crippen LogP contribution >= 0.6 is 11.8 Å². The van der Waals surface area contributed by atoms with Gasteiger partial charge in [-0.1, -0.05) is 23.9 Å². The number of aryl methyl sites for hydroxylation is 1. The Kier molecular flexibility index (Phi) is 9.64. The molecule has 236 valence electrons. The van der Waals surface area contributed by atoms with E-state index in [0.29, 0.717) is 22.6 Å². The van der Waals surface area contributed by atoms with Gasteiger partial charge >= 0.3 is 12.2 Å². The molecule has 0 bridgehead atoms. The molecule has 1 saturated heterocycles. The molecular formula is C30H23F4N7O4S. The van der Waals surface area contributed by atoms with Crippen LogP contribution in [0.3, 0.4) is 0 Å². The van der Waals surface area contributed by atoms with Gasteiger partial charge in [-0.15, -0.1) is 5.10 Å². The highest BCUT2D eigenvalue weighted by Gasteiger charge is 2.33. The van der Waals surface area contributed by atoms with Gasteiger partial charge in [-0.3, -0.25) is 9.69 Å². The van der Waals surface area contributed by atoms with Crippen molar-refractivity contribution in [3.8, 4) is 28.9 Å². The summed E-state index contributed by atoms with van der Waals surface area (Å²) in [6.07, 6.45) is -3.08. The van der Waals surface area contributed by atoms with Crippen LogP contribution in [0.2, 0.25) is 0 Å². The van der Waals surface area contributed by atoms with Gasteiger partial charge in [-0.25, -0.2) is 18.9 Å². The summed E-state index contributed by atoms with van der Waals surface area (Å²) < 4.78 is 64.4. The third-order valence-corrected chi connectivity index (χ3v) is 7.26. The van der Waals surface area contributed by atoms with Crippen LogP contribution in [0.1, 0.15) is 11.1 Å². The number of nitriles is 1. The van der Waals surface area contributed by atoms with E-state index < -0.39 is 37.1 Å². The molecule has 1 N–H and O–H groups in total. The molecule has 3 amide bonds. The van der Waals surface area contributed by atoms with Gasteiger partial charge in [-0.05, 0) is 61.0 Å². The Labute approximate surface area is 263 Å².